The van der Waals surface area contributed by atoms with Crippen molar-refractivity contribution >= 4 is 11.7 Å². The zero-order valence-electron chi connectivity index (χ0n) is 10.0. The van der Waals surface area contributed by atoms with Gasteiger partial charge in [0.15, 0.2) is 0 Å². The van der Waals surface area contributed by atoms with Crippen molar-refractivity contribution in [1.29, 1.82) is 0 Å². The SMILES string of the molecule is O=C(Nc1c(F)cccc1F)NC1CCCCC1. The lowest BCUT2D eigenvalue weighted by Gasteiger charge is -2.22. The highest BCUT2D eigenvalue weighted by atomic mass is 19.1. The summed E-state index contributed by atoms with van der Waals surface area (Å²) in [5.41, 5.74) is -0.397. The van der Waals surface area contributed by atoms with Crippen LogP contribution in [0.4, 0.5) is 19.3 Å². The third-order valence-electron chi connectivity index (χ3n) is 3.14. The van der Waals surface area contributed by atoms with E-state index < -0.39 is 23.4 Å². The second kappa shape index (κ2) is 5.80. The van der Waals surface area contributed by atoms with E-state index in [1.807, 2.05) is 0 Å². The molecule has 2 amide bonds. The highest BCUT2D eigenvalue weighted by molar-refractivity contribution is 5.89. The van der Waals surface area contributed by atoms with Crippen LogP contribution in [-0.4, -0.2) is 12.1 Å². The van der Waals surface area contributed by atoms with E-state index in [0.717, 1.165) is 37.8 Å². The van der Waals surface area contributed by atoms with Crippen LogP contribution in [0.2, 0.25) is 0 Å². The summed E-state index contributed by atoms with van der Waals surface area (Å²) in [6, 6.07) is 3.03. The fourth-order valence-electron chi connectivity index (χ4n) is 2.20. The van der Waals surface area contributed by atoms with Crippen LogP contribution in [0.15, 0.2) is 18.2 Å². The Kier molecular flexibility index (Phi) is 4.12. The molecular weight excluding hydrogens is 238 g/mol. The van der Waals surface area contributed by atoms with E-state index in [4.69, 9.17) is 0 Å². The van der Waals surface area contributed by atoms with Crippen molar-refractivity contribution in [2.75, 3.05) is 5.32 Å². The average Bonchev–Trinajstić information content (AvgIpc) is 2.35. The van der Waals surface area contributed by atoms with E-state index in [9.17, 15) is 13.6 Å². The lowest BCUT2D eigenvalue weighted by atomic mass is 9.96. The highest BCUT2D eigenvalue weighted by Gasteiger charge is 2.17. The first kappa shape index (κ1) is 12.8. The van der Waals surface area contributed by atoms with Crippen molar-refractivity contribution in [1.82, 2.24) is 5.32 Å². The summed E-state index contributed by atoms with van der Waals surface area (Å²) in [7, 11) is 0. The number of nitrogens with one attached hydrogen (secondary N) is 2. The Morgan fingerprint density at radius 3 is 2.33 bits per heavy atom. The molecule has 1 aromatic carbocycles. The minimum atomic E-state index is -0.770. The van der Waals surface area contributed by atoms with E-state index in [1.54, 1.807) is 0 Å². The van der Waals surface area contributed by atoms with Gasteiger partial charge in [0.2, 0.25) is 0 Å². The molecule has 0 heterocycles. The molecule has 0 aromatic heterocycles. The molecule has 0 aliphatic heterocycles. The zero-order valence-corrected chi connectivity index (χ0v) is 10.0. The molecule has 1 saturated carbocycles. The van der Waals surface area contributed by atoms with Gasteiger partial charge in [0, 0.05) is 6.04 Å². The maximum absolute atomic E-state index is 13.3. The number of anilines is 1. The minimum Gasteiger partial charge on any atom is -0.335 e. The molecule has 1 aliphatic carbocycles. The average molecular weight is 254 g/mol. The van der Waals surface area contributed by atoms with Gasteiger partial charge in [-0.05, 0) is 25.0 Å². The fraction of sp³-hybridized carbons (Fsp3) is 0.462. The van der Waals surface area contributed by atoms with Crippen LogP contribution in [0, 0.1) is 11.6 Å². The van der Waals surface area contributed by atoms with Gasteiger partial charge in [-0.1, -0.05) is 25.3 Å². The lowest BCUT2D eigenvalue weighted by Crippen LogP contribution is -2.39. The van der Waals surface area contributed by atoms with Gasteiger partial charge < -0.3 is 10.6 Å². The molecule has 0 atom stereocenters. The normalized spacial score (nSPS) is 16.3. The van der Waals surface area contributed by atoms with Crippen molar-refractivity contribution in [3.05, 3.63) is 29.8 Å². The van der Waals surface area contributed by atoms with Crippen LogP contribution < -0.4 is 10.6 Å². The molecule has 0 bridgehead atoms. The third-order valence-corrected chi connectivity index (χ3v) is 3.14. The second-order valence-corrected chi connectivity index (χ2v) is 4.53. The van der Waals surface area contributed by atoms with Gasteiger partial charge in [-0.3, -0.25) is 0 Å². The number of para-hydroxylation sites is 1. The molecule has 0 spiro atoms. The second-order valence-electron chi connectivity index (χ2n) is 4.53. The van der Waals surface area contributed by atoms with Gasteiger partial charge in [-0.15, -0.1) is 0 Å². The number of urea groups is 1. The molecule has 18 heavy (non-hydrogen) atoms. The van der Waals surface area contributed by atoms with Crippen LogP contribution in [0.5, 0.6) is 0 Å². The lowest BCUT2D eigenvalue weighted by molar-refractivity contribution is 0.244. The molecule has 0 radical (unpaired) electrons. The summed E-state index contributed by atoms with van der Waals surface area (Å²) < 4.78 is 26.6. The van der Waals surface area contributed by atoms with Gasteiger partial charge in [0.1, 0.15) is 17.3 Å². The van der Waals surface area contributed by atoms with E-state index in [1.165, 1.54) is 12.5 Å². The Labute approximate surface area is 105 Å². The Morgan fingerprint density at radius 1 is 1.11 bits per heavy atom. The number of carbonyl (C=O) groups is 1. The van der Waals surface area contributed by atoms with Gasteiger partial charge in [0.05, 0.1) is 0 Å². The molecule has 3 nitrogen and oxygen atoms in total. The number of hydrogen-bond donors (Lipinski definition) is 2. The van der Waals surface area contributed by atoms with Crippen molar-refractivity contribution in [2.45, 2.75) is 38.1 Å². The molecule has 0 saturated heterocycles. The van der Waals surface area contributed by atoms with Gasteiger partial charge in [-0.2, -0.15) is 0 Å². The standard InChI is InChI=1S/C13H16F2N2O/c14-10-7-4-8-11(15)12(10)17-13(18)16-9-5-2-1-3-6-9/h4,7-9H,1-3,5-6H2,(H2,16,17,18). The first-order chi connectivity index (χ1) is 8.66. The summed E-state index contributed by atoms with van der Waals surface area (Å²) in [6.45, 7) is 0. The monoisotopic (exact) mass is 254 g/mol. The molecule has 2 rings (SSSR count). The molecule has 5 heteroatoms. The van der Waals surface area contributed by atoms with E-state index in [2.05, 4.69) is 10.6 Å². The van der Waals surface area contributed by atoms with Crippen LogP contribution in [0.25, 0.3) is 0 Å². The quantitative estimate of drug-likeness (QED) is 0.834. The fourth-order valence-corrected chi connectivity index (χ4v) is 2.20. The largest absolute Gasteiger partial charge is 0.335 e. The predicted octanol–water partition coefficient (Wildman–Crippen LogP) is 3.42. The van der Waals surface area contributed by atoms with Gasteiger partial charge in [0.25, 0.3) is 0 Å². The molecule has 1 fully saturated rings. The first-order valence-corrected chi connectivity index (χ1v) is 6.18. The summed E-state index contributed by atoms with van der Waals surface area (Å²) in [4.78, 5) is 11.6. The Morgan fingerprint density at radius 2 is 1.72 bits per heavy atom. The number of benzene rings is 1. The maximum atomic E-state index is 13.3. The maximum Gasteiger partial charge on any atom is 0.319 e. The van der Waals surface area contributed by atoms with Crippen molar-refractivity contribution in [3.63, 3.8) is 0 Å². The van der Waals surface area contributed by atoms with E-state index in [0.29, 0.717) is 0 Å². The van der Waals surface area contributed by atoms with Crippen molar-refractivity contribution in [3.8, 4) is 0 Å². The Bertz CT molecular complexity index is 411. The molecule has 1 aliphatic rings. The third kappa shape index (κ3) is 3.18. The van der Waals surface area contributed by atoms with E-state index in [-0.39, 0.29) is 6.04 Å². The van der Waals surface area contributed by atoms with Crippen molar-refractivity contribution < 1.29 is 13.6 Å². The molecule has 2 N–H and O–H groups in total. The van der Waals surface area contributed by atoms with Crippen molar-refractivity contribution in [2.24, 2.45) is 0 Å². The summed E-state index contributed by atoms with van der Waals surface area (Å²) in [5, 5.41) is 4.96. The first-order valence-electron chi connectivity index (χ1n) is 6.18. The molecular formula is C13H16F2N2O. The van der Waals surface area contributed by atoms with Crippen LogP contribution in [0.3, 0.4) is 0 Å². The van der Waals surface area contributed by atoms with Crippen LogP contribution in [-0.2, 0) is 0 Å². The number of halogens is 2. The van der Waals surface area contributed by atoms with Gasteiger partial charge in [-0.25, -0.2) is 13.6 Å². The smallest absolute Gasteiger partial charge is 0.319 e. The summed E-state index contributed by atoms with van der Waals surface area (Å²) in [6.07, 6.45) is 5.19. The minimum absolute atomic E-state index is 0.105. The van der Waals surface area contributed by atoms with E-state index >= 15 is 0 Å². The number of amides is 2. The molecule has 98 valence electrons. The number of carbonyl (C=O) groups excluding carboxylic acids is 1. The van der Waals surface area contributed by atoms with Crippen LogP contribution in [0.1, 0.15) is 32.1 Å². The summed E-state index contributed by atoms with van der Waals surface area (Å²) in [5.74, 6) is -1.54. The van der Waals surface area contributed by atoms with Gasteiger partial charge >= 0.3 is 6.03 Å². The summed E-state index contributed by atoms with van der Waals surface area (Å²) >= 11 is 0. The highest BCUT2D eigenvalue weighted by Crippen LogP contribution is 2.19. The zero-order chi connectivity index (χ0) is 13.0. The number of hydrogen-bond acceptors (Lipinski definition) is 1. The topological polar surface area (TPSA) is 41.1 Å². The Balaban J connectivity index is 1.94. The molecule has 1 aromatic rings. The molecule has 0 unspecified atom stereocenters. The predicted molar refractivity (Wildman–Crippen MR) is 65.4 cm³/mol. The Hall–Kier alpha value is -1.65. The number of rotatable bonds is 2. The van der Waals surface area contributed by atoms with Crippen LogP contribution >= 0.6 is 0 Å².